The van der Waals surface area contributed by atoms with Crippen molar-refractivity contribution in [1.82, 2.24) is 9.66 Å². The molecule has 0 radical (unpaired) electrons. The molecule has 0 unspecified atom stereocenters. The van der Waals surface area contributed by atoms with E-state index in [4.69, 9.17) is 14.5 Å². The predicted molar refractivity (Wildman–Crippen MR) is 156 cm³/mol. The number of hydrogen-bond acceptors (Lipinski definition) is 6. The molecule has 1 heterocycles. The highest BCUT2D eigenvalue weighted by Crippen LogP contribution is 2.36. The Hall–Kier alpha value is -4.05. The minimum Gasteiger partial charge on any atom is -0.493 e. The first-order valence-electron chi connectivity index (χ1n) is 13.1. The largest absolute Gasteiger partial charge is 0.493 e. The van der Waals surface area contributed by atoms with Crippen LogP contribution in [-0.2, 0) is 4.79 Å². The lowest BCUT2D eigenvalue weighted by Crippen LogP contribution is -2.25. The maximum absolute atomic E-state index is 13.8. The van der Waals surface area contributed by atoms with E-state index in [1.54, 1.807) is 30.5 Å². The summed E-state index contributed by atoms with van der Waals surface area (Å²) in [7, 11) is 1.48. The number of ether oxygens (including phenoxy) is 2. The molecular formula is C30H28BrFN4O4. The number of aromatic nitrogens is 2. The van der Waals surface area contributed by atoms with Crippen molar-refractivity contribution in [1.29, 1.82) is 0 Å². The minimum absolute atomic E-state index is 0.0692. The summed E-state index contributed by atoms with van der Waals surface area (Å²) in [4.78, 5) is 30.6. The highest BCUT2D eigenvalue weighted by atomic mass is 79.9. The fraction of sp³-hybridized carbons (Fsp3) is 0.267. The van der Waals surface area contributed by atoms with Crippen LogP contribution in [0.2, 0.25) is 0 Å². The van der Waals surface area contributed by atoms with Gasteiger partial charge in [-0.1, -0.05) is 43.5 Å². The smallest absolute Gasteiger partial charge is 0.282 e. The van der Waals surface area contributed by atoms with Crippen LogP contribution >= 0.6 is 15.9 Å². The number of para-hydroxylation sites is 2. The zero-order chi connectivity index (χ0) is 28.1. The van der Waals surface area contributed by atoms with Gasteiger partial charge in [0.05, 0.1) is 34.4 Å². The molecule has 10 heteroatoms. The van der Waals surface area contributed by atoms with Gasteiger partial charge in [-0.3, -0.25) is 9.59 Å². The molecule has 1 saturated carbocycles. The van der Waals surface area contributed by atoms with Crippen molar-refractivity contribution in [2.75, 3.05) is 19.0 Å². The summed E-state index contributed by atoms with van der Waals surface area (Å²) < 4.78 is 27.0. The maximum Gasteiger partial charge on any atom is 0.282 e. The number of methoxy groups -OCH3 is 1. The highest BCUT2D eigenvalue weighted by molar-refractivity contribution is 9.10. The summed E-state index contributed by atoms with van der Waals surface area (Å²) in [5.74, 6) is 0.428. The average molecular weight is 607 g/mol. The molecule has 1 aromatic heterocycles. The number of anilines is 1. The lowest BCUT2D eigenvalue weighted by atomic mass is 9.88. The molecule has 1 aliphatic rings. The first-order chi connectivity index (χ1) is 19.4. The molecule has 40 heavy (non-hydrogen) atoms. The van der Waals surface area contributed by atoms with Gasteiger partial charge in [0.15, 0.2) is 18.1 Å². The Bertz CT molecular complexity index is 1630. The molecule has 0 saturated heterocycles. The van der Waals surface area contributed by atoms with E-state index in [2.05, 4.69) is 26.3 Å². The summed E-state index contributed by atoms with van der Waals surface area (Å²) in [6, 6.07) is 16.6. The fourth-order valence-corrected chi connectivity index (χ4v) is 5.42. The Morgan fingerprint density at radius 1 is 1.15 bits per heavy atom. The number of nitrogens with one attached hydrogen (secondary N) is 1. The van der Waals surface area contributed by atoms with Crippen molar-refractivity contribution in [2.45, 2.75) is 38.0 Å². The standard InChI is InChI=1S/C30H28BrFN4O4/c1-39-26-16-19(15-22(31)28(26)40-18-27(37)34-25-14-8-6-12-23(25)32)17-33-36-29(20-9-3-2-4-10-20)35-24-13-7-5-11-21(24)30(36)38/h5-8,11-17,20H,2-4,9-10,18H2,1H3,(H,34,37). The first-order valence-corrected chi connectivity index (χ1v) is 13.8. The molecule has 0 atom stereocenters. The van der Waals surface area contributed by atoms with Crippen molar-refractivity contribution >= 4 is 44.6 Å². The molecule has 1 N–H and O–H groups in total. The monoisotopic (exact) mass is 606 g/mol. The zero-order valence-electron chi connectivity index (χ0n) is 21.9. The van der Waals surface area contributed by atoms with Gasteiger partial charge in [-0.15, -0.1) is 0 Å². The molecular weight excluding hydrogens is 579 g/mol. The number of nitrogens with zero attached hydrogens (tertiary/aromatic N) is 3. The van der Waals surface area contributed by atoms with Gasteiger partial charge < -0.3 is 14.8 Å². The van der Waals surface area contributed by atoms with E-state index in [1.165, 1.54) is 36.4 Å². The zero-order valence-corrected chi connectivity index (χ0v) is 23.5. The summed E-state index contributed by atoms with van der Waals surface area (Å²) in [6.45, 7) is -0.361. The lowest BCUT2D eigenvalue weighted by Gasteiger charge is -2.22. The average Bonchev–Trinajstić information content (AvgIpc) is 2.97. The van der Waals surface area contributed by atoms with E-state index >= 15 is 0 Å². The molecule has 1 aliphatic carbocycles. The summed E-state index contributed by atoms with van der Waals surface area (Å²) in [5, 5.41) is 7.57. The number of benzene rings is 3. The van der Waals surface area contributed by atoms with E-state index < -0.39 is 11.7 Å². The third-order valence-corrected chi connectivity index (χ3v) is 7.41. The van der Waals surface area contributed by atoms with E-state index in [-0.39, 0.29) is 23.8 Å². The fourth-order valence-electron chi connectivity index (χ4n) is 4.84. The van der Waals surface area contributed by atoms with Gasteiger partial charge in [0.2, 0.25) is 0 Å². The Morgan fingerprint density at radius 2 is 1.90 bits per heavy atom. The third-order valence-electron chi connectivity index (χ3n) is 6.82. The van der Waals surface area contributed by atoms with Crippen molar-refractivity contribution in [2.24, 2.45) is 5.10 Å². The predicted octanol–water partition coefficient (Wildman–Crippen LogP) is 6.25. The molecule has 5 rings (SSSR count). The number of amides is 1. The van der Waals surface area contributed by atoms with Crippen LogP contribution < -0.4 is 20.3 Å². The Balaban J connectivity index is 1.40. The Kier molecular flexibility index (Phi) is 8.54. The molecule has 206 valence electrons. The van der Waals surface area contributed by atoms with Gasteiger partial charge in [0.25, 0.3) is 11.5 Å². The number of carbonyl (C=O) groups excluding carboxylic acids is 1. The molecule has 0 spiro atoms. The third kappa shape index (κ3) is 6.07. The quantitative estimate of drug-likeness (QED) is 0.239. The number of carbonyl (C=O) groups is 1. The summed E-state index contributed by atoms with van der Waals surface area (Å²) >= 11 is 3.48. The van der Waals surface area contributed by atoms with Crippen molar-refractivity contribution in [3.05, 3.63) is 92.7 Å². The van der Waals surface area contributed by atoms with Gasteiger partial charge in [0.1, 0.15) is 11.6 Å². The van der Waals surface area contributed by atoms with Gasteiger partial charge >= 0.3 is 0 Å². The van der Waals surface area contributed by atoms with Crippen LogP contribution in [0.25, 0.3) is 10.9 Å². The lowest BCUT2D eigenvalue weighted by molar-refractivity contribution is -0.118. The van der Waals surface area contributed by atoms with Crippen molar-refractivity contribution in [3.8, 4) is 11.5 Å². The topological polar surface area (TPSA) is 94.8 Å². The second-order valence-corrected chi connectivity index (χ2v) is 10.4. The van der Waals surface area contributed by atoms with Crippen LogP contribution in [0.15, 0.2) is 75.0 Å². The summed E-state index contributed by atoms with van der Waals surface area (Å²) in [5.41, 5.74) is 1.17. The van der Waals surface area contributed by atoms with Gasteiger partial charge in [0, 0.05) is 5.92 Å². The van der Waals surface area contributed by atoms with E-state index in [0.717, 1.165) is 25.7 Å². The minimum atomic E-state index is -0.536. The van der Waals surface area contributed by atoms with Gasteiger partial charge in [-0.2, -0.15) is 9.78 Å². The normalized spacial score (nSPS) is 14.0. The summed E-state index contributed by atoms with van der Waals surface area (Å²) in [6.07, 6.45) is 6.89. The van der Waals surface area contributed by atoms with Crippen LogP contribution in [0.5, 0.6) is 11.5 Å². The molecule has 0 aliphatic heterocycles. The van der Waals surface area contributed by atoms with Gasteiger partial charge in [-0.25, -0.2) is 9.37 Å². The van der Waals surface area contributed by atoms with Crippen LogP contribution in [-0.4, -0.2) is 35.5 Å². The second-order valence-electron chi connectivity index (χ2n) is 9.53. The SMILES string of the molecule is COc1cc(C=Nn2c(C3CCCCC3)nc3ccccc3c2=O)cc(Br)c1OCC(=O)Nc1ccccc1F. The molecule has 8 nitrogen and oxygen atoms in total. The number of halogens is 2. The van der Waals surface area contributed by atoms with Crippen LogP contribution in [0.4, 0.5) is 10.1 Å². The molecule has 1 fully saturated rings. The second kappa shape index (κ2) is 12.4. The van der Waals surface area contributed by atoms with Crippen LogP contribution in [0, 0.1) is 5.82 Å². The first kappa shape index (κ1) is 27.5. The maximum atomic E-state index is 13.8. The van der Waals surface area contributed by atoms with Crippen LogP contribution in [0.1, 0.15) is 49.4 Å². The number of fused-ring (bicyclic) bond motifs is 1. The van der Waals surface area contributed by atoms with E-state index in [0.29, 0.717) is 38.3 Å². The molecule has 4 aromatic rings. The van der Waals surface area contributed by atoms with Crippen LogP contribution in [0.3, 0.4) is 0 Å². The number of rotatable bonds is 8. The Labute approximate surface area is 239 Å². The van der Waals surface area contributed by atoms with Crippen molar-refractivity contribution < 1.29 is 18.7 Å². The highest BCUT2D eigenvalue weighted by Gasteiger charge is 2.22. The van der Waals surface area contributed by atoms with E-state index in [9.17, 15) is 14.0 Å². The van der Waals surface area contributed by atoms with Crippen molar-refractivity contribution in [3.63, 3.8) is 0 Å². The van der Waals surface area contributed by atoms with E-state index in [1.807, 2.05) is 18.2 Å². The molecule has 1 amide bonds. The Morgan fingerprint density at radius 3 is 2.67 bits per heavy atom. The van der Waals surface area contributed by atoms with Gasteiger partial charge in [-0.05, 0) is 70.7 Å². The molecule has 0 bridgehead atoms. The molecule has 3 aromatic carbocycles. The number of hydrogen-bond donors (Lipinski definition) is 1.